The highest BCUT2D eigenvalue weighted by Crippen LogP contribution is 2.22. The number of nitrogens with one attached hydrogen (secondary N) is 2. The Bertz CT molecular complexity index is 751. The second-order valence-corrected chi connectivity index (χ2v) is 6.85. The van der Waals surface area contributed by atoms with Gasteiger partial charge in [-0.3, -0.25) is 0 Å². The number of hydrogen-bond acceptors (Lipinski definition) is 2. The van der Waals surface area contributed by atoms with Crippen molar-refractivity contribution in [3.63, 3.8) is 0 Å². The van der Waals surface area contributed by atoms with Crippen molar-refractivity contribution in [2.45, 2.75) is 39.3 Å². The van der Waals surface area contributed by atoms with Crippen molar-refractivity contribution in [2.75, 3.05) is 13.2 Å². The highest BCUT2D eigenvalue weighted by atomic mass is 35.5. The van der Waals surface area contributed by atoms with Crippen molar-refractivity contribution in [3.8, 4) is 5.69 Å². The van der Waals surface area contributed by atoms with Crippen LogP contribution in [0.1, 0.15) is 29.8 Å². The molecule has 2 heterocycles. The number of nitrogens with zero attached hydrogens (tertiary/aromatic N) is 1. The summed E-state index contributed by atoms with van der Waals surface area (Å²) in [6.07, 6.45) is 2.24. The molecule has 5 nitrogen and oxygen atoms in total. The van der Waals surface area contributed by atoms with Gasteiger partial charge in [-0.15, -0.1) is 0 Å². The van der Waals surface area contributed by atoms with Crippen LogP contribution in [0.4, 0.5) is 4.79 Å². The van der Waals surface area contributed by atoms with Gasteiger partial charge < -0.3 is 19.9 Å². The van der Waals surface area contributed by atoms with E-state index in [1.54, 1.807) is 0 Å². The first-order chi connectivity index (χ1) is 12.0. The maximum Gasteiger partial charge on any atom is 0.315 e. The lowest BCUT2D eigenvalue weighted by Gasteiger charge is -2.12. The average molecular weight is 362 g/mol. The first-order valence-corrected chi connectivity index (χ1v) is 8.99. The van der Waals surface area contributed by atoms with Crippen molar-refractivity contribution in [2.24, 2.45) is 0 Å². The van der Waals surface area contributed by atoms with Crippen LogP contribution in [-0.4, -0.2) is 29.9 Å². The summed E-state index contributed by atoms with van der Waals surface area (Å²) in [6.45, 7) is 5.94. The molecule has 1 aliphatic heterocycles. The quantitative estimate of drug-likeness (QED) is 0.852. The van der Waals surface area contributed by atoms with E-state index in [0.717, 1.165) is 42.1 Å². The molecule has 1 aromatic heterocycles. The van der Waals surface area contributed by atoms with Gasteiger partial charge >= 0.3 is 6.03 Å². The summed E-state index contributed by atoms with van der Waals surface area (Å²) in [5.74, 6) is 0. The Kier molecular flexibility index (Phi) is 5.66. The number of aromatic nitrogens is 1. The molecule has 2 amide bonds. The maximum atomic E-state index is 12.0. The molecule has 1 saturated heterocycles. The van der Waals surface area contributed by atoms with E-state index in [1.165, 1.54) is 0 Å². The van der Waals surface area contributed by atoms with Crippen LogP contribution in [0.3, 0.4) is 0 Å². The zero-order valence-electron chi connectivity index (χ0n) is 14.6. The number of halogens is 1. The molecule has 1 fully saturated rings. The standard InChI is InChI=1S/C19H24ClN3O2/c1-13-9-15(11-21-19(24)22-12-18-7-4-8-25-18)14(2)23(13)17-6-3-5-16(20)10-17/h3,5-6,9-10,18H,4,7-8,11-12H2,1-2H3,(H2,21,22,24). The Hall–Kier alpha value is -1.98. The predicted octanol–water partition coefficient (Wildman–Crippen LogP) is 3.73. The summed E-state index contributed by atoms with van der Waals surface area (Å²) in [6, 6.07) is 9.69. The van der Waals surface area contributed by atoms with Gasteiger partial charge in [-0.1, -0.05) is 17.7 Å². The van der Waals surface area contributed by atoms with E-state index >= 15 is 0 Å². The molecule has 1 unspecified atom stereocenters. The molecule has 1 atom stereocenters. The summed E-state index contributed by atoms with van der Waals surface area (Å²) in [5.41, 5.74) is 4.32. The molecule has 0 radical (unpaired) electrons. The van der Waals surface area contributed by atoms with Gasteiger partial charge in [-0.25, -0.2) is 4.79 Å². The highest BCUT2D eigenvalue weighted by molar-refractivity contribution is 6.30. The van der Waals surface area contributed by atoms with Gasteiger partial charge in [-0.05, 0) is 56.5 Å². The molecule has 134 valence electrons. The Morgan fingerprint density at radius 2 is 2.16 bits per heavy atom. The lowest BCUT2D eigenvalue weighted by atomic mass is 10.2. The maximum absolute atomic E-state index is 12.0. The molecule has 0 saturated carbocycles. The average Bonchev–Trinajstić information content (AvgIpc) is 3.19. The smallest absolute Gasteiger partial charge is 0.315 e. The normalized spacial score (nSPS) is 16.8. The van der Waals surface area contributed by atoms with E-state index in [1.807, 2.05) is 24.3 Å². The molecular formula is C19H24ClN3O2. The van der Waals surface area contributed by atoms with E-state index in [0.29, 0.717) is 18.1 Å². The minimum Gasteiger partial charge on any atom is -0.376 e. The third-order valence-corrected chi connectivity index (χ3v) is 4.79. The molecule has 2 N–H and O–H groups in total. The second kappa shape index (κ2) is 7.93. The van der Waals surface area contributed by atoms with Crippen molar-refractivity contribution in [1.82, 2.24) is 15.2 Å². The van der Waals surface area contributed by atoms with Gasteiger partial charge in [0.05, 0.1) is 6.10 Å². The van der Waals surface area contributed by atoms with E-state index in [-0.39, 0.29) is 12.1 Å². The zero-order valence-corrected chi connectivity index (χ0v) is 15.4. The first-order valence-electron chi connectivity index (χ1n) is 8.61. The van der Waals surface area contributed by atoms with Gasteiger partial charge in [0.1, 0.15) is 0 Å². The van der Waals surface area contributed by atoms with Gasteiger partial charge in [0.25, 0.3) is 0 Å². The number of carbonyl (C=O) groups excluding carboxylic acids is 1. The Balaban J connectivity index is 1.61. The van der Waals surface area contributed by atoms with Crippen LogP contribution in [0.15, 0.2) is 30.3 Å². The van der Waals surface area contributed by atoms with Gasteiger partial charge in [-0.2, -0.15) is 0 Å². The number of benzene rings is 1. The molecule has 6 heteroatoms. The van der Waals surface area contributed by atoms with Crippen LogP contribution in [0, 0.1) is 13.8 Å². The summed E-state index contributed by atoms with van der Waals surface area (Å²) in [7, 11) is 0. The first kappa shape index (κ1) is 17.8. The van der Waals surface area contributed by atoms with Crippen molar-refractivity contribution >= 4 is 17.6 Å². The van der Waals surface area contributed by atoms with Crippen LogP contribution in [0.25, 0.3) is 5.69 Å². The minimum atomic E-state index is -0.164. The Morgan fingerprint density at radius 3 is 2.88 bits per heavy atom. The summed E-state index contributed by atoms with van der Waals surface area (Å²) >= 11 is 6.11. The number of hydrogen-bond donors (Lipinski definition) is 2. The van der Waals surface area contributed by atoms with Crippen LogP contribution in [0.5, 0.6) is 0 Å². The number of urea groups is 1. The summed E-state index contributed by atoms with van der Waals surface area (Å²) < 4.78 is 7.65. The van der Waals surface area contributed by atoms with Crippen LogP contribution < -0.4 is 10.6 Å². The monoisotopic (exact) mass is 361 g/mol. The van der Waals surface area contributed by atoms with Crippen molar-refractivity contribution in [3.05, 3.63) is 52.3 Å². The van der Waals surface area contributed by atoms with E-state index in [2.05, 4.69) is 35.1 Å². The minimum absolute atomic E-state index is 0.152. The Labute approximate surface area is 153 Å². The number of amides is 2. The van der Waals surface area contributed by atoms with E-state index < -0.39 is 0 Å². The van der Waals surface area contributed by atoms with Crippen molar-refractivity contribution < 1.29 is 9.53 Å². The van der Waals surface area contributed by atoms with Crippen LogP contribution in [0.2, 0.25) is 5.02 Å². The number of aryl methyl sites for hydroxylation is 1. The van der Waals surface area contributed by atoms with Gasteiger partial charge in [0, 0.05) is 41.8 Å². The molecule has 0 spiro atoms. The SMILES string of the molecule is Cc1cc(CNC(=O)NCC2CCCO2)c(C)n1-c1cccc(Cl)c1. The third-order valence-electron chi connectivity index (χ3n) is 4.56. The fourth-order valence-corrected chi connectivity index (χ4v) is 3.46. The van der Waals surface area contributed by atoms with Gasteiger partial charge in [0.15, 0.2) is 0 Å². The van der Waals surface area contributed by atoms with Gasteiger partial charge in [0.2, 0.25) is 0 Å². The molecule has 1 aromatic carbocycles. The summed E-state index contributed by atoms with van der Waals surface area (Å²) in [5, 5.41) is 6.50. The lowest BCUT2D eigenvalue weighted by molar-refractivity contribution is 0.111. The highest BCUT2D eigenvalue weighted by Gasteiger charge is 2.16. The number of rotatable bonds is 5. The second-order valence-electron chi connectivity index (χ2n) is 6.41. The van der Waals surface area contributed by atoms with E-state index in [9.17, 15) is 4.79 Å². The largest absolute Gasteiger partial charge is 0.376 e. The zero-order chi connectivity index (χ0) is 17.8. The molecule has 2 aromatic rings. The molecular weight excluding hydrogens is 338 g/mol. The number of carbonyl (C=O) groups is 1. The number of ether oxygens (including phenoxy) is 1. The van der Waals surface area contributed by atoms with Crippen molar-refractivity contribution in [1.29, 1.82) is 0 Å². The topological polar surface area (TPSA) is 55.3 Å². The molecule has 1 aliphatic rings. The summed E-state index contributed by atoms with van der Waals surface area (Å²) in [4.78, 5) is 12.0. The fourth-order valence-electron chi connectivity index (χ4n) is 3.27. The molecule has 3 rings (SSSR count). The molecule has 0 aliphatic carbocycles. The molecule has 25 heavy (non-hydrogen) atoms. The fraction of sp³-hybridized carbons (Fsp3) is 0.421. The Morgan fingerprint density at radius 1 is 1.32 bits per heavy atom. The van der Waals surface area contributed by atoms with Crippen LogP contribution in [-0.2, 0) is 11.3 Å². The van der Waals surface area contributed by atoms with Crippen LogP contribution >= 0.6 is 11.6 Å². The predicted molar refractivity (Wildman–Crippen MR) is 99.5 cm³/mol. The lowest BCUT2D eigenvalue weighted by Crippen LogP contribution is -2.39. The third kappa shape index (κ3) is 4.35. The molecule has 0 bridgehead atoms. The van der Waals surface area contributed by atoms with E-state index in [4.69, 9.17) is 16.3 Å².